The fourth-order valence-corrected chi connectivity index (χ4v) is 2.96. The average Bonchev–Trinajstić information content (AvgIpc) is 2.03. The Bertz CT molecular complexity index is 278. The second kappa shape index (κ2) is 2.12. The van der Waals surface area contributed by atoms with Crippen LogP contribution in [0.5, 0.6) is 0 Å². The van der Waals surface area contributed by atoms with Gasteiger partial charge in [-0.15, -0.1) is 0 Å². The Morgan fingerprint density at radius 3 is 2.25 bits per heavy atom. The highest BCUT2D eigenvalue weighted by atomic mass is 14.6. The summed E-state index contributed by atoms with van der Waals surface area (Å²) in [5.41, 5.74) is 1.58. The molecular formula is C12H14. The molecule has 2 atom stereocenters. The minimum absolute atomic E-state index is 0.932. The monoisotopic (exact) mass is 158 g/mol. The molecule has 12 heavy (non-hydrogen) atoms. The predicted octanol–water partition coefficient (Wildman–Crippen LogP) is 3.06. The highest BCUT2D eigenvalue weighted by Crippen LogP contribution is 2.67. The van der Waals surface area contributed by atoms with Gasteiger partial charge < -0.3 is 0 Å². The molecule has 0 nitrogen and oxygen atoms in total. The average molecular weight is 158 g/mol. The van der Waals surface area contributed by atoms with Gasteiger partial charge >= 0.3 is 0 Å². The summed E-state index contributed by atoms with van der Waals surface area (Å²) < 4.78 is 0. The summed E-state index contributed by atoms with van der Waals surface area (Å²) in [4.78, 5) is 0. The predicted molar refractivity (Wildman–Crippen MR) is 49.9 cm³/mol. The first-order chi connectivity index (χ1) is 5.88. The first-order valence-corrected chi connectivity index (χ1v) is 4.93. The molecule has 0 N–H and O–H groups in total. The Balaban J connectivity index is 1.86. The summed E-state index contributed by atoms with van der Waals surface area (Å²) in [6.07, 6.45) is 1.50. The number of benzene rings is 1. The van der Waals surface area contributed by atoms with Gasteiger partial charge in [-0.25, -0.2) is 0 Å². The molecule has 3 aliphatic rings. The fourth-order valence-electron chi connectivity index (χ4n) is 2.96. The second-order valence-electron chi connectivity index (χ2n) is 4.36. The van der Waals surface area contributed by atoms with Crippen LogP contribution in [0.4, 0.5) is 0 Å². The molecular weight excluding hydrogens is 144 g/mol. The smallest absolute Gasteiger partial charge is 0.00998 e. The van der Waals surface area contributed by atoms with Crippen molar-refractivity contribution in [2.75, 3.05) is 0 Å². The van der Waals surface area contributed by atoms with Crippen molar-refractivity contribution >= 4 is 0 Å². The molecule has 0 spiro atoms. The van der Waals surface area contributed by atoms with Crippen LogP contribution in [0.25, 0.3) is 0 Å². The maximum Gasteiger partial charge on any atom is -0.00998 e. The Hall–Kier alpha value is -0.780. The van der Waals surface area contributed by atoms with Crippen LogP contribution >= 0.6 is 0 Å². The molecule has 2 bridgehead atoms. The summed E-state index contributed by atoms with van der Waals surface area (Å²) in [5.74, 6) is 4.01. The lowest BCUT2D eigenvalue weighted by atomic mass is 9.40. The van der Waals surface area contributed by atoms with Crippen molar-refractivity contribution in [1.29, 1.82) is 0 Å². The molecule has 4 rings (SSSR count). The molecule has 0 aliphatic heterocycles. The molecule has 62 valence electrons. The quantitative estimate of drug-likeness (QED) is 0.589. The van der Waals surface area contributed by atoms with Gasteiger partial charge in [-0.05, 0) is 35.7 Å². The van der Waals surface area contributed by atoms with E-state index in [1.165, 1.54) is 6.42 Å². The van der Waals surface area contributed by atoms with Crippen molar-refractivity contribution in [2.24, 2.45) is 17.8 Å². The Kier molecular flexibility index (Phi) is 1.19. The topological polar surface area (TPSA) is 0 Å². The zero-order chi connectivity index (χ0) is 8.13. The SMILES string of the molecule is CC1C2CC1C2c1ccccc1. The third kappa shape index (κ3) is 0.639. The molecule has 0 heteroatoms. The molecule has 2 unspecified atom stereocenters. The van der Waals surface area contributed by atoms with E-state index < -0.39 is 0 Å². The van der Waals surface area contributed by atoms with E-state index in [1.54, 1.807) is 5.56 Å². The van der Waals surface area contributed by atoms with Crippen molar-refractivity contribution in [3.63, 3.8) is 0 Å². The minimum atomic E-state index is 0.932. The van der Waals surface area contributed by atoms with Crippen LogP contribution in [0, 0.1) is 17.8 Å². The summed E-state index contributed by atoms with van der Waals surface area (Å²) >= 11 is 0. The Labute approximate surface area is 73.6 Å². The highest BCUT2D eigenvalue weighted by molar-refractivity contribution is 5.29. The van der Waals surface area contributed by atoms with Crippen molar-refractivity contribution in [3.05, 3.63) is 35.9 Å². The van der Waals surface area contributed by atoms with Crippen LogP contribution in [0.1, 0.15) is 24.8 Å². The van der Waals surface area contributed by atoms with Crippen LogP contribution in [-0.2, 0) is 0 Å². The summed E-state index contributed by atoms with van der Waals surface area (Å²) in [5, 5.41) is 0. The van der Waals surface area contributed by atoms with Crippen LogP contribution < -0.4 is 0 Å². The number of hydrogen-bond acceptors (Lipinski definition) is 0. The molecule has 1 aromatic carbocycles. The zero-order valence-electron chi connectivity index (χ0n) is 7.40. The molecule has 1 aromatic rings. The third-order valence-electron chi connectivity index (χ3n) is 4.00. The van der Waals surface area contributed by atoms with Crippen LogP contribution in [0.2, 0.25) is 0 Å². The van der Waals surface area contributed by atoms with Gasteiger partial charge in [-0.3, -0.25) is 0 Å². The first-order valence-electron chi connectivity index (χ1n) is 4.93. The van der Waals surface area contributed by atoms with Gasteiger partial charge in [0.1, 0.15) is 0 Å². The van der Waals surface area contributed by atoms with Gasteiger partial charge in [0, 0.05) is 0 Å². The standard InChI is InChI=1S/C12H14/c1-8-10-7-11(8)12(10)9-5-3-2-4-6-9/h2-6,8,10-12H,7H2,1H3. The van der Waals surface area contributed by atoms with Gasteiger partial charge in [-0.2, -0.15) is 0 Å². The van der Waals surface area contributed by atoms with Crippen LogP contribution in [-0.4, -0.2) is 0 Å². The fraction of sp³-hybridized carbons (Fsp3) is 0.500. The summed E-state index contributed by atoms with van der Waals surface area (Å²) in [6, 6.07) is 11.0. The number of rotatable bonds is 1. The van der Waals surface area contributed by atoms with E-state index >= 15 is 0 Å². The normalized spacial score (nSPS) is 43.1. The Morgan fingerprint density at radius 1 is 1.08 bits per heavy atom. The van der Waals surface area contributed by atoms with Gasteiger partial charge in [0.2, 0.25) is 0 Å². The van der Waals surface area contributed by atoms with Crippen LogP contribution in [0.15, 0.2) is 30.3 Å². The molecule has 0 amide bonds. The van der Waals surface area contributed by atoms with Crippen molar-refractivity contribution < 1.29 is 0 Å². The second-order valence-corrected chi connectivity index (χ2v) is 4.36. The highest BCUT2D eigenvalue weighted by Gasteiger charge is 2.58. The van der Waals surface area contributed by atoms with Gasteiger partial charge in [0.15, 0.2) is 0 Å². The molecule has 0 saturated heterocycles. The van der Waals surface area contributed by atoms with E-state index in [9.17, 15) is 0 Å². The van der Waals surface area contributed by atoms with E-state index in [1.807, 2.05) is 0 Å². The molecule has 3 fully saturated rings. The molecule has 3 saturated carbocycles. The third-order valence-corrected chi connectivity index (χ3v) is 4.00. The van der Waals surface area contributed by atoms with Crippen LogP contribution in [0.3, 0.4) is 0 Å². The molecule has 0 aromatic heterocycles. The maximum absolute atomic E-state index is 2.40. The first kappa shape index (κ1) is 6.71. The van der Waals surface area contributed by atoms with Gasteiger partial charge in [0.05, 0.1) is 0 Å². The molecule has 0 radical (unpaired) electrons. The lowest BCUT2D eigenvalue weighted by Gasteiger charge is -2.64. The van der Waals surface area contributed by atoms with Gasteiger partial charge in [0.25, 0.3) is 0 Å². The number of hydrogen-bond donors (Lipinski definition) is 0. The Morgan fingerprint density at radius 2 is 1.75 bits per heavy atom. The van der Waals surface area contributed by atoms with Crippen molar-refractivity contribution in [2.45, 2.75) is 19.3 Å². The van der Waals surface area contributed by atoms with E-state index in [0.717, 1.165) is 23.7 Å². The zero-order valence-corrected chi connectivity index (χ0v) is 7.40. The summed E-state index contributed by atoms with van der Waals surface area (Å²) in [7, 11) is 0. The minimum Gasteiger partial charge on any atom is -0.0622 e. The lowest BCUT2D eigenvalue weighted by molar-refractivity contribution is -0.103. The van der Waals surface area contributed by atoms with E-state index in [4.69, 9.17) is 0 Å². The van der Waals surface area contributed by atoms with Crippen molar-refractivity contribution in [1.82, 2.24) is 0 Å². The summed E-state index contributed by atoms with van der Waals surface area (Å²) in [6.45, 7) is 2.40. The van der Waals surface area contributed by atoms with E-state index in [-0.39, 0.29) is 0 Å². The van der Waals surface area contributed by atoms with Crippen molar-refractivity contribution in [3.8, 4) is 0 Å². The largest absolute Gasteiger partial charge is 0.0622 e. The van der Waals surface area contributed by atoms with Gasteiger partial charge in [-0.1, -0.05) is 37.3 Å². The van der Waals surface area contributed by atoms with E-state index in [0.29, 0.717) is 0 Å². The lowest BCUT2D eigenvalue weighted by Crippen LogP contribution is -2.56. The molecule has 3 aliphatic carbocycles. The maximum atomic E-state index is 2.40. The molecule has 0 heterocycles. The van der Waals surface area contributed by atoms with E-state index in [2.05, 4.69) is 37.3 Å².